The summed E-state index contributed by atoms with van der Waals surface area (Å²) in [5.74, 6) is 2.03. The van der Waals surface area contributed by atoms with Gasteiger partial charge in [0, 0.05) is 5.39 Å². The monoisotopic (exact) mass is 257 g/mol. The van der Waals surface area contributed by atoms with Gasteiger partial charge in [0.2, 0.25) is 0 Å². The predicted octanol–water partition coefficient (Wildman–Crippen LogP) is 4.66. The molecule has 0 bridgehead atoms. The summed E-state index contributed by atoms with van der Waals surface area (Å²) in [7, 11) is 2.03. The lowest BCUT2D eigenvalue weighted by molar-refractivity contribution is 0.383. The molecule has 1 atom stereocenters. The Morgan fingerprint density at radius 3 is 2.79 bits per heavy atom. The van der Waals surface area contributed by atoms with E-state index in [2.05, 4.69) is 23.5 Å². The standard InChI is InChI=1S/C17H23NO/c1-18-15(11-10-13-6-2-3-7-13)17-12-14-8-4-5-9-16(14)19-17/h4-5,8-9,12-13,15,18H,2-3,6-7,10-11H2,1H3. The van der Waals surface area contributed by atoms with Crippen LogP contribution in [0.3, 0.4) is 0 Å². The van der Waals surface area contributed by atoms with Crippen molar-refractivity contribution in [2.75, 3.05) is 7.05 Å². The molecule has 1 heterocycles. The number of fused-ring (bicyclic) bond motifs is 1. The first-order chi connectivity index (χ1) is 9.36. The van der Waals surface area contributed by atoms with Gasteiger partial charge in [-0.15, -0.1) is 0 Å². The molecule has 2 heteroatoms. The van der Waals surface area contributed by atoms with Crippen molar-refractivity contribution in [1.29, 1.82) is 0 Å². The van der Waals surface area contributed by atoms with E-state index in [-0.39, 0.29) is 0 Å². The van der Waals surface area contributed by atoms with E-state index in [0.717, 1.165) is 17.3 Å². The van der Waals surface area contributed by atoms with E-state index < -0.39 is 0 Å². The summed E-state index contributed by atoms with van der Waals surface area (Å²) in [6.45, 7) is 0. The molecule has 1 saturated carbocycles. The van der Waals surface area contributed by atoms with Crippen LogP contribution in [0.4, 0.5) is 0 Å². The maximum atomic E-state index is 5.97. The Morgan fingerprint density at radius 1 is 1.26 bits per heavy atom. The third-order valence-corrected chi connectivity index (χ3v) is 4.47. The van der Waals surface area contributed by atoms with Crippen molar-refractivity contribution in [3.8, 4) is 0 Å². The van der Waals surface area contributed by atoms with Gasteiger partial charge in [0.05, 0.1) is 6.04 Å². The SMILES string of the molecule is CNC(CCC1CCCC1)c1cc2ccccc2o1. The highest BCUT2D eigenvalue weighted by Gasteiger charge is 2.19. The molecule has 0 aliphatic heterocycles. The zero-order chi connectivity index (χ0) is 13.1. The molecule has 0 spiro atoms. The van der Waals surface area contributed by atoms with E-state index >= 15 is 0 Å². The van der Waals surface area contributed by atoms with Crippen LogP contribution in [0.15, 0.2) is 34.7 Å². The highest BCUT2D eigenvalue weighted by Crippen LogP contribution is 2.32. The molecular weight excluding hydrogens is 234 g/mol. The zero-order valence-electron chi connectivity index (χ0n) is 11.7. The first-order valence-corrected chi connectivity index (χ1v) is 7.52. The Labute approximate surface area is 115 Å². The van der Waals surface area contributed by atoms with Crippen LogP contribution < -0.4 is 5.32 Å². The first-order valence-electron chi connectivity index (χ1n) is 7.52. The molecule has 0 amide bonds. The van der Waals surface area contributed by atoms with Crippen LogP contribution in [0.5, 0.6) is 0 Å². The van der Waals surface area contributed by atoms with E-state index in [0.29, 0.717) is 6.04 Å². The molecule has 19 heavy (non-hydrogen) atoms. The van der Waals surface area contributed by atoms with E-state index in [1.807, 2.05) is 19.2 Å². The first kappa shape index (κ1) is 12.7. The fourth-order valence-corrected chi connectivity index (χ4v) is 3.30. The summed E-state index contributed by atoms with van der Waals surface area (Å²) in [4.78, 5) is 0. The van der Waals surface area contributed by atoms with Crippen molar-refractivity contribution in [1.82, 2.24) is 5.32 Å². The van der Waals surface area contributed by atoms with E-state index in [1.165, 1.54) is 43.9 Å². The fraction of sp³-hybridized carbons (Fsp3) is 0.529. The second-order valence-electron chi connectivity index (χ2n) is 5.76. The van der Waals surface area contributed by atoms with Crippen molar-refractivity contribution in [3.05, 3.63) is 36.1 Å². The highest BCUT2D eigenvalue weighted by atomic mass is 16.3. The van der Waals surface area contributed by atoms with Crippen LogP contribution >= 0.6 is 0 Å². The van der Waals surface area contributed by atoms with Crippen LogP contribution in [0, 0.1) is 5.92 Å². The number of para-hydroxylation sites is 1. The van der Waals surface area contributed by atoms with Crippen LogP contribution in [-0.4, -0.2) is 7.05 Å². The topological polar surface area (TPSA) is 25.2 Å². The number of furan rings is 1. The Morgan fingerprint density at radius 2 is 2.05 bits per heavy atom. The lowest BCUT2D eigenvalue weighted by atomic mass is 9.97. The minimum absolute atomic E-state index is 0.355. The molecule has 2 aromatic rings. The van der Waals surface area contributed by atoms with Crippen LogP contribution in [0.2, 0.25) is 0 Å². The van der Waals surface area contributed by atoms with Crippen molar-refractivity contribution < 1.29 is 4.42 Å². The Hall–Kier alpha value is -1.28. The van der Waals surface area contributed by atoms with Gasteiger partial charge in [-0.05, 0) is 37.9 Å². The fourth-order valence-electron chi connectivity index (χ4n) is 3.30. The van der Waals surface area contributed by atoms with Crippen molar-refractivity contribution >= 4 is 11.0 Å². The molecule has 3 rings (SSSR count). The smallest absolute Gasteiger partial charge is 0.134 e. The Kier molecular flexibility index (Phi) is 3.88. The lowest BCUT2D eigenvalue weighted by Crippen LogP contribution is -2.16. The van der Waals surface area contributed by atoms with Gasteiger partial charge in [0.25, 0.3) is 0 Å². The van der Waals surface area contributed by atoms with E-state index in [4.69, 9.17) is 4.42 Å². The minimum atomic E-state index is 0.355. The minimum Gasteiger partial charge on any atom is -0.459 e. The van der Waals surface area contributed by atoms with Crippen LogP contribution in [-0.2, 0) is 0 Å². The van der Waals surface area contributed by atoms with Gasteiger partial charge in [-0.25, -0.2) is 0 Å². The van der Waals surface area contributed by atoms with Crippen molar-refractivity contribution in [2.45, 2.75) is 44.6 Å². The summed E-state index contributed by atoms with van der Waals surface area (Å²) < 4.78 is 5.97. The second-order valence-corrected chi connectivity index (χ2v) is 5.76. The molecule has 1 N–H and O–H groups in total. The lowest BCUT2D eigenvalue weighted by Gasteiger charge is -2.16. The average molecular weight is 257 g/mol. The molecule has 102 valence electrons. The zero-order valence-corrected chi connectivity index (χ0v) is 11.7. The van der Waals surface area contributed by atoms with Crippen molar-refractivity contribution in [2.24, 2.45) is 5.92 Å². The third-order valence-electron chi connectivity index (χ3n) is 4.47. The van der Waals surface area contributed by atoms with Gasteiger partial charge in [0.1, 0.15) is 11.3 Å². The maximum Gasteiger partial charge on any atom is 0.134 e. The summed E-state index contributed by atoms with van der Waals surface area (Å²) in [6.07, 6.45) is 8.22. The van der Waals surface area contributed by atoms with Gasteiger partial charge < -0.3 is 9.73 Å². The second kappa shape index (κ2) is 5.79. The molecule has 1 fully saturated rings. The maximum absolute atomic E-state index is 5.97. The quantitative estimate of drug-likeness (QED) is 0.842. The third kappa shape index (κ3) is 2.84. The number of hydrogen-bond donors (Lipinski definition) is 1. The summed E-state index contributed by atoms with van der Waals surface area (Å²) >= 11 is 0. The largest absolute Gasteiger partial charge is 0.459 e. The Balaban J connectivity index is 1.69. The number of hydrogen-bond acceptors (Lipinski definition) is 2. The highest BCUT2D eigenvalue weighted by molar-refractivity contribution is 5.77. The summed E-state index contributed by atoms with van der Waals surface area (Å²) in [5, 5.41) is 4.62. The molecule has 0 radical (unpaired) electrons. The van der Waals surface area contributed by atoms with Crippen molar-refractivity contribution in [3.63, 3.8) is 0 Å². The normalized spacial score (nSPS) is 18.2. The molecule has 2 nitrogen and oxygen atoms in total. The van der Waals surface area contributed by atoms with E-state index in [9.17, 15) is 0 Å². The molecule has 1 unspecified atom stereocenters. The van der Waals surface area contributed by atoms with Gasteiger partial charge in [-0.2, -0.15) is 0 Å². The molecule has 1 aliphatic rings. The molecule has 1 aromatic heterocycles. The number of rotatable bonds is 5. The number of nitrogens with one attached hydrogen (secondary N) is 1. The molecular formula is C17H23NO. The summed E-state index contributed by atoms with van der Waals surface area (Å²) in [6, 6.07) is 10.8. The van der Waals surface area contributed by atoms with Crippen LogP contribution in [0.25, 0.3) is 11.0 Å². The van der Waals surface area contributed by atoms with E-state index in [1.54, 1.807) is 0 Å². The Bertz CT molecular complexity index is 492. The van der Waals surface area contributed by atoms with Gasteiger partial charge in [-0.3, -0.25) is 0 Å². The van der Waals surface area contributed by atoms with Gasteiger partial charge in [-0.1, -0.05) is 43.9 Å². The number of benzene rings is 1. The van der Waals surface area contributed by atoms with Gasteiger partial charge in [0.15, 0.2) is 0 Å². The molecule has 1 aliphatic carbocycles. The predicted molar refractivity (Wildman–Crippen MR) is 79.2 cm³/mol. The average Bonchev–Trinajstić information content (AvgIpc) is 3.08. The summed E-state index contributed by atoms with van der Waals surface area (Å²) in [5.41, 5.74) is 0.999. The molecule has 0 saturated heterocycles. The molecule has 1 aromatic carbocycles. The van der Waals surface area contributed by atoms with Crippen LogP contribution in [0.1, 0.15) is 50.3 Å². The van der Waals surface area contributed by atoms with Gasteiger partial charge >= 0.3 is 0 Å².